The molecule has 29 heavy (non-hydrogen) atoms. The van der Waals surface area contributed by atoms with E-state index in [0.717, 1.165) is 17.3 Å². The molecule has 3 aromatic rings. The Morgan fingerprint density at radius 2 is 1.45 bits per heavy atom. The number of hydrogen-bond acceptors (Lipinski definition) is 3. The van der Waals surface area contributed by atoms with Crippen molar-refractivity contribution in [2.45, 2.75) is 26.3 Å². The van der Waals surface area contributed by atoms with E-state index in [-0.39, 0.29) is 0 Å². The number of likely N-dealkylation sites (N-methyl/N-ethyl adjacent to an activating group) is 1. The van der Waals surface area contributed by atoms with Gasteiger partial charge in [-0.05, 0) is 68.1 Å². The molecule has 2 aromatic carbocycles. The summed E-state index contributed by atoms with van der Waals surface area (Å²) in [5, 5.41) is 0. The number of nitrogens with zero attached hydrogens (tertiary/aromatic N) is 3. The lowest BCUT2D eigenvalue weighted by Gasteiger charge is -2.26. The van der Waals surface area contributed by atoms with Crippen molar-refractivity contribution in [3.8, 4) is 22.3 Å². The number of likely N-dealkylation sites (tertiary alicyclic amines) is 1. The average Bonchev–Trinajstić information content (AvgIpc) is 3.27. The van der Waals surface area contributed by atoms with E-state index in [4.69, 9.17) is 0 Å². The van der Waals surface area contributed by atoms with Crippen LogP contribution in [0.2, 0.25) is 0 Å². The Labute approximate surface area is 174 Å². The van der Waals surface area contributed by atoms with Crippen LogP contribution in [0.25, 0.3) is 22.3 Å². The number of rotatable bonds is 3. The summed E-state index contributed by atoms with van der Waals surface area (Å²) in [5.74, 6) is 0.840. The summed E-state index contributed by atoms with van der Waals surface area (Å²) in [5.41, 5.74) is 8.50. The second-order valence-electron chi connectivity index (χ2n) is 8.74. The third kappa shape index (κ3) is 3.44. The second-order valence-corrected chi connectivity index (χ2v) is 8.74. The summed E-state index contributed by atoms with van der Waals surface area (Å²) >= 11 is 0. The molecule has 0 radical (unpaired) electrons. The molecule has 2 aliphatic heterocycles. The number of anilines is 1. The second kappa shape index (κ2) is 7.31. The summed E-state index contributed by atoms with van der Waals surface area (Å²) in [6, 6.07) is 23.0. The number of benzene rings is 2. The van der Waals surface area contributed by atoms with E-state index in [0.29, 0.717) is 6.04 Å². The number of pyridine rings is 1. The Balaban J connectivity index is 1.35. The van der Waals surface area contributed by atoms with Gasteiger partial charge in [-0.3, -0.25) is 4.98 Å². The molecular weight excluding hydrogens is 354 g/mol. The molecule has 0 N–H and O–H groups in total. The van der Waals surface area contributed by atoms with Crippen LogP contribution in [-0.2, 0) is 0 Å². The largest absolute Gasteiger partial charge is 0.367 e. The fourth-order valence-corrected chi connectivity index (χ4v) is 5.17. The highest BCUT2D eigenvalue weighted by Gasteiger charge is 2.39. The third-order valence-corrected chi connectivity index (χ3v) is 6.68. The van der Waals surface area contributed by atoms with Crippen LogP contribution >= 0.6 is 0 Å². The summed E-state index contributed by atoms with van der Waals surface area (Å²) in [6.45, 7) is 7.76. The molecule has 2 saturated heterocycles. The van der Waals surface area contributed by atoms with Crippen molar-refractivity contribution >= 4 is 5.69 Å². The van der Waals surface area contributed by atoms with E-state index < -0.39 is 0 Å². The molecule has 3 nitrogen and oxygen atoms in total. The molecule has 5 rings (SSSR count). The van der Waals surface area contributed by atoms with Crippen molar-refractivity contribution in [3.05, 3.63) is 72.1 Å². The van der Waals surface area contributed by atoms with Gasteiger partial charge >= 0.3 is 0 Å². The maximum absolute atomic E-state index is 4.60. The molecule has 3 heteroatoms. The van der Waals surface area contributed by atoms with Crippen LogP contribution in [0.5, 0.6) is 0 Å². The van der Waals surface area contributed by atoms with Crippen molar-refractivity contribution in [1.82, 2.24) is 9.88 Å². The first-order chi connectivity index (χ1) is 14.1. The van der Waals surface area contributed by atoms with E-state index in [1.54, 1.807) is 0 Å². The molecule has 2 fully saturated rings. The SMILES string of the molecule is Cc1ccc(-c2ccc(-c3ccc(N4CC[C@@H]5CN(C)C[C@@H]54)cc3)cc2)c(C)n1. The summed E-state index contributed by atoms with van der Waals surface area (Å²) in [4.78, 5) is 9.69. The Bertz CT molecular complexity index is 1010. The minimum Gasteiger partial charge on any atom is -0.367 e. The molecule has 0 spiro atoms. The lowest BCUT2D eigenvalue weighted by molar-refractivity contribution is 0.386. The van der Waals surface area contributed by atoms with Crippen LogP contribution in [0.4, 0.5) is 5.69 Å². The fourth-order valence-electron chi connectivity index (χ4n) is 5.17. The van der Waals surface area contributed by atoms with Gasteiger partial charge < -0.3 is 9.80 Å². The van der Waals surface area contributed by atoms with Crippen molar-refractivity contribution < 1.29 is 0 Å². The number of aromatic nitrogens is 1. The topological polar surface area (TPSA) is 19.4 Å². The highest BCUT2D eigenvalue weighted by atomic mass is 15.3. The molecular formula is C26H29N3. The number of fused-ring (bicyclic) bond motifs is 1. The molecule has 0 aliphatic carbocycles. The van der Waals surface area contributed by atoms with Gasteiger partial charge in [-0.2, -0.15) is 0 Å². The molecule has 0 saturated carbocycles. The molecule has 148 valence electrons. The normalized spacial score (nSPS) is 21.6. The van der Waals surface area contributed by atoms with Gasteiger partial charge in [-0.15, -0.1) is 0 Å². The lowest BCUT2D eigenvalue weighted by Crippen LogP contribution is -2.34. The molecule has 1 aromatic heterocycles. The van der Waals surface area contributed by atoms with Crippen LogP contribution in [0.15, 0.2) is 60.7 Å². The Morgan fingerprint density at radius 1 is 0.793 bits per heavy atom. The summed E-state index contributed by atoms with van der Waals surface area (Å²) in [6.07, 6.45) is 1.32. The Kier molecular flexibility index (Phi) is 4.63. The fraction of sp³-hybridized carbons (Fsp3) is 0.346. The molecule has 0 bridgehead atoms. The zero-order valence-corrected chi connectivity index (χ0v) is 17.6. The van der Waals surface area contributed by atoms with Gasteiger partial charge in [0.25, 0.3) is 0 Å². The van der Waals surface area contributed by atoms with E-state index >= 15 is 0 Å². The van der Waals surface area contributed by atoms with Crippen molar-refractivity contribution in [2.75, 3.05) is 31.6 Å². The number of hydrogen-bond donors (Lipinski definition) is 0. The first kappa shape index (κ1) is 18.4. The standard InChI is InChI=1S/C26H29N3/c1-18-4-13-25(19(2)27-18)22-7-5-20(6-8-22)21-9-11-24(12-10-21)29-15-14-23-16-28(3)17-26(23)29/h4-13,23,26H,14-17H2,1-3H3/t23-,26+/m1/s1. The van der Waals surface area contributed by atoms with E-state index in [1.807, 2.05) is 6.92 Å². The first-order valence-electron chi connectivity index (χ1n) is 10.7. The van der Waals surface area contributed by atoms with Gasteiger partial charge in [0, 0.05) is 48.3 Å². The highest BCUT2D eigenvalue weighted by Crippen LogP contribution is 2.35. The van der Waals surface area contributed by atoms with Crippen LogP contribution in [0.3, 0.4) is 0 Å². The highest BCUT2D eigenvalue weighted by molar-refractivity contribution is 5.72. The number of aryl methyl sites for hydroxylation is 2. The van der Waals surface area contributed by atoms with Crippen LogP contribution < -0.4 is 4.90 Å². The quantitative estimate of drug-likeness (QED) is 0.622. The maximum Gasteiger partial charge on any atom is 0.0457 e. The van der Waals surface area contributed by atoms with Crippen LogP contribution in [0, 0.1) is 19.8 Å². The predicted octanol–water partition coefficient (Wildman–Crippen LogP) is 5.17. The minimum atomic E-state index is 0.691. The molecule has 3 heterocycles. The zero-order valence-electron chi connectivity index (χ0n) is 17.6. The van der Waals surface area contributed by atoms with Gasteiger partial charge in [0.05, 0.1) is 0 Å². The monoisotopic (exact) mass is 383 g/mol. The van der Waals surface area contributed by atoms with Gasteiger partial charge in [0.1, 0.15) is 0 Å². The van der Waals surface area contributed by atoms with Crippen LogP contribution in [0.1, 0.15) is 17.8 Å². The van der Waals surface area contributed by atoms with E-state index in [1.165, 1.54) is 54.0 Å². The lowest BCUT2D eigenvalue weighted by atomic mass is 9.99. The Morgan fingerprint density at radius 3 is 2.14 bits per heavy atom. The Hall–Kier alpha value is -2.65. The smallest absolute Gasteiger partial charge is 0.0457 e. The third-order valence-electron chi connectivity index (χ3n) is 6.68. The van der Waals surface area contributed by atoms with Gasteiger partial charge in [-0.1, -0.05) is 42.5 Å². The van der Waals surface area contributed by atoms with Crippen LogP contribution in [-0.4, -0.2) is 42.6 Å². The average molecular weight is 384 g/mol. The molecule has 0 amide bonds. The zero-order chi connectivity index (χ0) is 20.0. The minimum absolute atomic E-state index is 0.691. The maximum atomic E-state index is 4.60. The molecule has 2 atom stereocenters. The van der Waals surface area contributed by atoms with E-state index in [9.17, 15) is 0 Å². The summed E-state index contributed by atoms with van der Waals surface area (Å²) < 4.78 is 0. The van der Waals surface area contributed by atoms with Gasteiger partial charge in [0.15, 0.2) is 0 Å². The van der Waals surface area contributed by atoms with Gasteiger partial charge in [0.2, 0.25) is 0 Å². The predicted molar refractivity (Wildman–Crippen MR) is 121 cm³/mol. The first-order valence-corrected chi connectivity index (χ1v) is 10.7. The summed E-state index contributed by atoms with van der Waals surface area (Å²) in [7, 11) is 2.25. The van der Waals surface area contributed by atoms with Crippen molar-refractivity contribution in [2.24, 2.45) is 5.92 Å². The van der Waals surface area contributed by atoms with Crippen molar-refractivity contribution in [3.63, 3.8) is 0 Å². The van der Waals surface area contributed by atoms with E-state index in [2.05, 4.69) is 89.4 Å². The van der Waals surface area contributed by atoms with Gasteiger partial charge in [-0.25, -0.2) is 0 Å². The molecule has 2 aliphatic rings. The molecule has 0 unspecified atom stereocenters. The van der Waals surface area contributed by atoms with Crippen molar-refractivity contribution in [1.29, 1.82) is 0 Å².